The van der Waals surface area contributed by atoms with Crippen LogP contribution in [-0.2, 0) is 13.1 Å². The van der Waals surface area contributed by atoms with E-state index in [2.05, 4.69) is 48.0 Å². The molecule has 0 atom stereocenters. The van der Waals surface area contributed by atoms with Gasteiger partial charge in [0.25, 0.3) is 0 Å². The molecule has 0 aliphatic carbocycles. The number of hydrogen-bond donors (Lipinski definition) is 2. The van der Waals surface area contributed by atoms with Gasteiger partial charge in [-0.15, -0.1) is 17.9 Å². The zero-order valence-corrected chi connectivity index (χ0v) is 13.5. The van der Waals surface area contributed by atoms with E-state index in [1.54, 1.807) is 0 Å². The number of thiophene rings is 1. The minimum Gasteiger partial charge on any atom is -0.395 e. The number of hydrogen-bond acceptors (Lipinski definition) is 4. The lowest BCUT2D eigenvalue weighted by Crippen LogP contribution is -2.27. The largest absolute Gasteiger partial charge is 0.395 e. The van der Waals surface area contributed by atoms with E-state index in [1.165, 1.54) is 20.5 Å². The summed E-state index contributed by atoms with van der Waals surface area (Å²) in [5.74, 6) is 0. The monoisotopic (exact) mass is 304 g/mol. The van der Waals surface area contributed by atoms with E-state index in [1.807, 2.05) is 17.4 Å². The highest BCUT2D eigenvalue weighted by molar-refractivity contribution is 7.19. The van der Waals surface area contributed by atoms with Crippen LogP contribution in [0.15, 0.2) is 36.9 Å². The first-order valence-electron chi connectivity index (χ1n) is 7.44. The fraction of sp³-hybridized carbons (Fsp3) is 0.412. The summed E-state index contributed by atoms with van der Waals surface area (Å²) >= 11 is 1.86. The molecule has 1 aromatic heterocycles. The summed E-state index contributed by atoms with van der Waals surface area (Å²) in [6.07, 6.45) is 1.90. The molecular weight excluding hydrogens is 280 g/mol. The fourth-order valence-corrected chi connectivity index (χ4v) is 3.67. The minimum atomic E-state index is 0.179. The predicted molar refractivity (Wildman–Crippen MR) is 91.8 cm³/mol. The van der Waals surface area contributed by atoms with Gasteiger partial charge in [-0.2, -0.15) is 0 Å². The molecule has 3 nitrogen and oxygen atoms in total. The van der Waals surface area contributed by atoms with Crippen LogP contribution in [-0.4, -0.2) is 36.2 Å². The summed E-state index contributed by atoms with van der Waals surface area (Å²) in [5.41, 5.74) is 1.38. The first kappa shape index (κ1) is 16.2. The molecule has 0 saturated heterocycles. The SMILES string of the molecule is C=CCN(CCO)Cc1c(CNCC)sc2ccccc12. The van der Waals surface area contributed by atoms with Crippen molar-refractivity contribution >= 4 is 21.4 Å². The molecule has 0 bridgehead atoms. The molecule has 4 heteroatoms. The molecule has 0 radical (unpaired) electrons. The topological polar surface area (TPSA) is 35.5 Å². The first-order valence-corrected chi connectivity index (χ1v) is 8.25. The number of benzene rings is 1. The third-order valence-corrected chi connectivity index (χ3v) is 4.72. The lowest BCUT2D eigenvalue weighted by molar-refractivity contribution is 0.203. The molecule has 0 saturated carbocycles. The van der Waals surface area contributed by atoms with Gasteiger partial charge in [-0.1, -0.05) is 31.2 Å². The minimum absolute atomic E-state index is 0.179. The van der Waals surface area contributed by atoms with Crippen LogP contribution >= 0.6 is 11.3 Å². The average molecular weight is 304 g/mol. The molecule has 0 fully saturated rings. The Hall–Kier alpha value is -1.20. The van der Waals surface area contributed by atoms with E-state index in [0.29, 0.717) is 6.54 Å². The van der Waals surface area contributed by atoms with Crippen LogP contribution in [0.1, 0.15) is 17.4 Å². The number of aliphatic hydroxyl groups excluding tert-OH is 1. The van der Waals surface area contributed by atoms with Crippen molar-refractivity contribution < 1.29 is 5.11 Å². The summed E-state index contributed by atoms with van der Waals surface area (Å²) in [6.45, 7) is 10.3. The van der Waals surface area contributed by atoms with Crippen LogP contribution < -0.4 is 5.32 Å². The number of fused-ring (bicyclic) bond motifs is 1. The van der Waals surface area contributed by atoms with Gasteiger partial charge in [0, 0.05) is 35.8 Å². The predicted octanol–water partition coefficient (Wildman–Crippen LogP) is 2.99. The summed E-state index contributed by atoms with van der Waals surface area (Å²) in [4.78, 5) is 3.63. The maximum absolute atomic E-state index is 9.23. The Balaban J connectivity index is 2.31. The van der Waals surface area contributed by atoms with Crippen molar-refractivity contribution in [3.8, 4) is 0 Å². The van der Waals surface area contributed by atoms with Gasteiger partial charge in [0.1, 0.15) is 0 Å². The molecule has 0 amide bonds. The van der Waals surface area contributed by atoms with E-state index < -0.39 is 0 Å². The number of nitrogens with zero attached hydrogens (tertiary/aromatic N) is 1. The van der Waals surface area contributed by atoms with Gasteiger partial charge in [0.2, 0.25) is 0 Å². The van der Waals surface area contributed by atoms with Gasteiger partial charge < -0.3 is 10.4 Å². The van der Waals surface area contributed by atoms with Crippen molar-refractivity contribution in [3.63, 3.8) is 0 Å². The fourth-order valence-electron chi connectivity index (χ4n) is 2.49. The van der Waals surface area contributed by atoms with Gasteiger partial charge >= 0.3 is 0 Å². The van der Waals surface area contributed by atoms with Crippen LogP contribution in [0.4, 0.5) is 0 Å². The van der Waals surface area contributed by atoms with Crippen LogP contribution in [0.3, 0.4) is 0 Å². The third kappa shape index (κ3) is 4.14. The standard InChI is InChI=1S/C17H24N2OS/c1-3-9-19(10-11-20)13-15-14-7-5-6-8-16(14)21-17(15)12-18-4-2/h3,5-8,18,20H,1,4,9-13H2,2H3. The van der Waals surface area contributed by atoms with Crippen molar-refractivity contribution in [1.82, 2.24) is 10.2 Å². The molecular formula is C17H24N2OS. The van der Waals surface area contributed by atoms with E-state index in [-0.39, 0.29) is 6.61 Å². The lowest BCUT2D eigenvalue weighted by Gasteiger charge is -2.20. The van der Waals surface area contributed by atoms with E-state index in [4.69, 9.17) is 0 Å². The highest BCUT2D eigenvalue weighted by Crippen LogP contribution is 2.32. The van der Waals surface area contributed by atoms with Gasteiger partial charge in [0.05, 0.1) is 6.61 Å². The highest BCUT2D eigenvalue weighted by atomic mass is 32.1. The molecule has 2 aromatic rings. The van der Waals surface area contributed by atoms with E-state index in [9.17, 15) is 5.11 Å². The summed E-state index contributed by atoms with van der Waals surface area (Å²) < 4.78 is 1.34. The normalized spacial score (nSPS) is 11.4. The second kappa shape index (κ2) is 8.29. The molecule has 1 aromatic carbocycles. The molecule has 1 heterocycles. The summed E-state index contributed by atoms with van der Waals surface area (Å²) in [6, 6.07) is 8.57. The number of rotatable bonds is 9. The Morgan fingerprint density at radius 1 is 1.38 bits per heavy atom. The van der Waals surface area contributed by atoms with Crippen LogP contribution in [0.2, 0.25) is 0 Å². The maximum atomic E-state index is 9.23. The van der Waals surface area contributed by atoms with Crippen molar-refractivity contribution in [3.05, 3.63) is 47.4 Å². The van der Waals surface area contributed by atoms with E-state index in [0.717, 1.165) is 26.2 Å². The molecule has 114 valence electrons. The van der Waals surface area contributed by atoms with Crippen molar-refractivity contribution in [2.45, 2.75) is 20.0 Å². The molecule has 0 unspecified atom stereocenters. The van der Waals surface area contributed by atoms with Gasteiger partial charge in [-0.3, -0.25) is 4.90 Å². The van der Waals surface area contributed by atoms with Crippen molar-refractivity contribution in [2.24, 2.45) is 0 Å². The van der Waals surface area contributed by atoms with Crippen LogP contribution in [0.5, 0.6) is 0 Å². The molecule has 2 rings (SSSR count). The van der Waals surface area contributed by atoms with Crippen LogP contribution in [0.25, 0.3) is 10.1 Å². The van der Waals surface area contributed by atoms with Gasteiger partial charge in [-0.25, -0.2) is 0 Å². The Kier molecular flexibility index (Phi) is 6.39. The van der Waals surface area contributed by atoms with Crippen molar-refractivity contribution in [2.75, 3.05) is 26.2 Å². The third-order valence-electron chi connectivity index (χ3n) is 3.50. The first-order chi connectivity index (χ1) is 10.3. The smallest absolute Gasteiger partial charge is 0.0558 e. The summed E-state index contributed by atoms with van der Waals surface area (Å²) in [5, 5.41) is 14.0. The lowest BCUT2D eigenvalue weighted by atomic mass is 10.1. The van der Waals surface area contributed by atoms with Crippen LogP contribution in [0, 0.1) is 0 Å². The molecule has 0 spiro atoms. The summed E-state index contributed by atoms with van der Waals surface area (Å²) in [7, 11) is 0. The Morgan fingerprint density at radius 3 is 2.90 bits per heavy atom. The highest BCUT2D eigenvalue weighted by Gasteiger charge is 2.14. The van der Waals surface area contributed by atoms with E-state index >= 15 is 0 Å². The second-order valence-corrected chi connectivity index (χ2v) is 6.16. The quantitative estimate of drug-likeness (QED) is 0.699. The Morgan fingerprint density at radius 2 is 2.19 bits per heavy atom. The zero-order valence-electron chi connectivity index (χ0n) is 12.6. The maximum Gasteiger partial charge on any atom is 0.0558 e. The van der Waals surface area contributed by atoms with Gasteiger partial charge in [0.15, 0.2) is 0 Å². The molecule has 21 heavy (non-hydrogen) atoms. The Labute approximate surface area is 130 Å². The van der Waals surface area contributed by atoms with Gasteiger partial charge in [-0.05, 0) is 23.6 Å². The second-order valence-electron chi connectivity index (χ2n) is 5.03. The molecule has 0 aliphatic heterocycles. The van der Waals surface area contributed by atoms with Crippen molar-refractivity contribution in [1.29, 1.82) is 0 Å². The Bertz CT molecular complexity index is 579. The average Bonchev–Trinajstić information content (AvgIpc) is 2.84. The molecule has 0 aliphatic rings. The number of aliphatic hydroxyl groups is 1. The number of nitrogens with one attached hydrogen (secondary N) is 1. The molecule has 2 N–H and O–H groups in total. The zero-order chi connectivity index (χ0) is 15.1.